The summed E-state index contributed by atoms with van der Waals surface area (Å²) in [7, 11) is 0. The van der Waals surface area contributed by atoms with Gasteiger partial charge in [0.05, 0.1) is 22.4 Å². The minimum absolute atomic E-state index is 0.0428. The van der Waals surface area contributed by atoms with E-state index < -0.39 is 0 Å². The lowest BCUT2D eigenvalue weighted by atomic mass is 10.1. The first-order valence-corrected chi connectivity index (χ1v) is 7.92. The zero-order chi connectivity index (χ0) is 15.6. The average molecular weight is 305 g/mol. The van der Waals surface area contributed by atoms with Crippen LogP contribution in [0.5, 0.6) is 0 Å². The maximum atomic E-state index is 14.1. The molecule has 1 aliphatic rings. The molecule has 4 heteroatoms. The summed E-state index contributed by atoms with van der Waals surface area (Å²) >= 11 is 1.33. The second kappa shape index (κ2) is 6.48. The number of hydrogen-bond donors (Lipinski definition) is 0. The highest BCUT2D eigenvalue weighted by Gasteiger charge is 2.34. The van der Waals surface area contributed by atoms with Crippen molar-refractivity contribution in [3.63, 3.8) is 0 Å². The van der Waals surface area contributed by atoms with Gasteiger partial charge in [-0.05, 0) is 38.0 Å². The molecule has 0 spiro atoms. The van der Waals surface area contributed by atoms with Gasteiger partial charge in [-0.2, -0.15) is 0 Å². The van der Waals surface area contributed by atoms with E-state index in [2.05, 4.69) is 6.58 Å². The van der Waals surface area contributed by atoms with Crippen molar-refractivity contribution >= 4 is 23.4 Å². The van der Waals surface area contributed by atoms with E-state index in [0.29, 0.717) is 23.5 Å². The molecule has 2 nitrogen and oxygen atoms in total. The van der Waals surface area contributed by atoms with Crippen LogP contribution >= 0.6 is 11.8 Å². The SMILES string of the molecule is C=CC(CN1C(=O)C(CC)Sc2c(F)cccc21)=C(C)C. The van der Waals surface area contributed by atoms with Gasteiger partial charge >= 0.3 is 0 Å². The fourth-order valence-electron chi connectivity index (χ4n) is 2.33. The van der Waals surface area contributed by atoms with E-state index in [0.717, 1.165) is 11.1 Å². The summed E-state index contributed by atoms with van der Waals surface area (Å²) in [6.07, 6.45) is 2.45. The molecule has 21 heavy (non-hydrogen) atoms. The van der Waals surface area contributed by atoms with Crippen LogP contribution in [0.2, 0.25) is 0 Å². The van der Waals surface area contributed by atoms with Crippen molar-refractivity contribution in [3.05, 3.63) is 47.8 Å². The van der Waals surface area contributed by atoms with Crippen LogP contribution in [0.3, 0.4) is 0 Å². The molecule has 112 valence electrons. The van der Waals surface area contributed by atoms with Crippen LogP contribution in [0.1, 0.15) is 27.2 Å². The lowest BCUT2D eigenvalue weighted by molar-refractivity contribution is -0.118. The Kier molecular flexibility index (Phi) is 4.88. The van der Waals surface area contributed by atoms with Gasteiger partial charge in [-0.25, -0.2) is 4.39 Å². The third kappa shape index (κ3) is 3.05. The lowest BCUT2D eigenvalue weighted by Gasteiger charge is -2.34. The van der Waals surface area contributed by atoms with Crippen LogP contribution in [0.15, 0.2) is 46.9 Å². The summed E-state index contributed by atoms with van der Waals surface area (Å²) in [6.45, 7) is 10.2. The summed E-state index contributed by atoms with van der Waals surface area (Å²) in [5.41, 5.74) is 2.78. The molecule has 0 aromatic heterocycles. The molecular formula is C17H20FNOS. The van der Waals surface area contributed by atoms with E-state index in [1.165, 1.54) is 17.8 Å². The molecule has 1 aromatic rings. The van der Waals surface area contributed by atoms with E-state index in [1.807, 2.05) is 20.8 Å². The second-order valence-electron chi connectivity index (χ2n) is 5.26. The molecule has 0 saturated heterocycles. The molecule has 1 aliphatic heterocycles. The minimum atomic E-state index is -0.259. The third-order valence-corrected chi connectivity index (χ3v) is 5.09. The number of fused-ring (bicyclic) bond motifs is 1. The first kappa shape index (κ1) is 15.8. The number of rotatable bonds is 4. The van der Waals surface area contributed by atoms with Gasteiger partial charge in [0, 0.05) is 0 Å². The van der Waals surface area contributed by atoms with Gasteiger partial charge in [-0.1, -0.05) is 31.2 Å². The van der Waals surface area contributed by atoms with Crippen molar-refractivity contribution < 1.29 is 9.18 Å². The summed E-state index contributed by atoms with van der Waals surface area (Å²) in [5, 5.41) is -0.224. The maximum absolute atomic E-state index is 14.1. The van der Waals surface area contributed by atoms with Crippen LogP contribution in [-0.2, 0) is 4.79 Å². The average Bonchev–Trinajstić information content (AvgIpc) is 2.46. The largest absolute Gasteiger partial charge is 0.306 e. The second-order valence-corrected chi connectivity index (χ2v) is 6.47. The summed E-state index contributed by atoms with van der Waals surface area (Å²) in [4.78, 5) is 14.9. The first-order chi connectivity index (χ1) is 9.99. The minimum Gasteiger partial charge on any atom is -0.306 e. The fourth-order valence-corrected chi connectivity index (χ4v) is 3.49. The molecule has 1 atom stereocenters. The lowest BCUT2D eigenvalue weighted by Crippen LogP contribution is -2.42. The Morgan fingerprint density at radius 1 is 1.48 bits per heavy atom. The number of halogens is 1. The fraction of sp³-hybridized carbons (Fsp3) is 0.353. The number of carbonyl (C=O) groups is 1. The van der Waals surface area contributed by atoms with Crippen molar-refractivity contribution in [3.8, 4) is 0 Å². The summed E-state index contributed by atoms with van der Waals surface area (Å²) in [5.74, 6) is -0.216. The van der Waals surface area contributed by atoms with Crippen molar-refractivity contribution in [2.75, 3.05) is 11.4 Å². The molecular weight excluding hydrogens is 285 g/mol. The van der Waals surface area contributed by atoms with E-state index >= 15 is 0 Å². The topological polar surface area (TPSA) is 20.3 Å². The van der Waals surface area contributed by atoms with Gasteiger partial charge in [0.1, 0.15) is 5.82 Å². The predicted molar refractivity (Wildman–Crippen MR) is 87.3 cm³/mol. The van der Waals surface area contributed by atoms with Gasteiger partial charge in [0.25, 0.3) is 0 Å². The van der Waals surface area contributed by atoms with E-state index in [-0.39, 0.29) is 17.0 Å². The van der Waals surface area contributed by atoms with Gasteiger partial charge in [-0.15, -0.1) is 11.8 Å². The molecule has 1 unspecified atom stereocenters. The van der Waals surface area contributed by atoms with Crippen LogP contribution in [0.25, 0.3) is 0 Å². The highest BCUT2D eigenvalue weighted by molar-refractivity contribution is 8.01. The van der Waals surface area contributed by atoms with Gasteiger partial charge in [0.15, 0.2) is 0 Å². The van der Waals surface area contributed by atoms with E-state index in [9.17, 15) is 9.18 Å². The van der Waals surface area contributed by atoms with Gasteiger partial charge in [-0.3, -0.25) is 4.79 Å². The molecule has 1 amide bonds. The van der Waals surface area contributed by atoms with Crippen LogP contribution < -0.4 is 4.90 Å². The molecule has 0 radical (unpaired) electrons. The number of carbonyl (C=O) groups excluding carboxylic acids is 1. The zero-order valence-electron chi connectivity index (χ0n) is 12.6. The molecule has 0 N–H and O–H groups in total. The van der Waals surface area contributed by atoms with Gasteiger partial charge in [0.2, 0.25) is 5.91 Å². The third-order valence-electron chi connectivity index (χ3n) is 3.63. The molecule has 0 fully saturated rings. The monoisotopic (exact) mass is 305 g/mol. The Labute approximate surface area is 129 Å². The summed E-state index contributed by atoms with van der Waals surface area (Å²) < 4.78 is 14.1. The van der Waals surface area contributed by atoms with Crippen LogP contribution in [0.4, 0.5) is 10.1 Å². The predicted octanol–water partition coefficient (Wildman–Crippen LogP) is 4.57. The van der Waals surface area contributed by atoms with Crippen molar-refractivity contribution in [1.29, 1.82) is 0 Å². The highest BCUT2D eigenvalue weighted by Crippen LogP contribution is 2.42. The Bertz CT molecular complexity index is 605. The Morgan fingerprint density at radius 3 is 2.76 bits per heavy atom. The zero-order valence-corrected chi connectivity index (χ0v) is 13.5. The standard InChI is InChI=1S/C17H20FNOS/c1-5-12(11(3)4)10-19-14-9-7-8-13(18)16(14)21-15(6-2)17(19)20/h5,7-9,15H,1,6,10H2,2-4H3. The van der Waals surface area contributed by atoms with E-state index in [1.54, 1.807) is 23.1 Å². The normalized spacial score (nSPS) is 17.4. The number of amides is 1. The number of allylic oxidation sites excluding steroid dienone is 1. The Morgan fingerprint density at radius 2 is 2.19 bits per heavy atom. The number of thioether (sulfide) groups is 1. The number of hydrogen-bond acceptors (Lipinski definition) is 2. The number of nitrogens with zero attached hydrogens (tertiary/aromatic N) is 1. The Hall–Kier alpha value is -1.55. The first-order valence-electron chi connectivity index (χ1n) is 7.04. The van der Waals surface area contributed by atoms with Gasteiger partial charge < -0.3 is 4.90 Å². The van der Waals surface area contributed by atoms with Crippen molar-refractivity contribution in [2.45, 2.75) is 37.3 Å². The van der Waals surface area contributed by atoms with Crippen LogP contribution in [0, 0.1) is 5.82 Å². The van der Waals surface area contributed by atoms with E-state index in [4.69, 9.17) is 0 Å². The molecule has 1 aromatic carbocycles. The summed E-state index contributed by atoms with van der Waals surface area (Å²) in [6, 6.07) is 4.90. The highest BCUT2D eigenvalue weighted by atomic mass is 32.2. The molecule has 2 rings (SSSR count). The smallest absolute Gasteiger partial charge is 0.240 e. The maximum Gasteiger partial charge on any atom is 0.240 e. The quantitative estimate of drug-likeness (QED) is 0.760. The van der Waals surface area contributed by atoms with Crippen molar-refractivity contribution in [2.24, 2.45) is 0 Å². The number of anilines is 1. The molecule has 0 saturated carbocycles. The Balaban J connectivity index is 2.48. The number of benzene rings is 1. The van der Waals surface area contributed by atoms with Crippen molar-refractivity contribution in [1.82, 2.24) is 0 Å². The molecule has 0 aliphatic carbocycles. The molecule has 1 heterocycles. The van der Waals surface area contributed by atoms with Crippen LogP contribution in [-0.4, -0.2) is 17.7 Å². The molecule has 0 bridgehead atoms.